The maximum absolute atomic E-state index is 13.4. The smallest absolute Gasteiger partial charge is 0.256 e. The van der Waals surface area contributed by atoms with Gasteiger partial charge < -0.3 is 4.74 Å². The third kappa shape index (κ3) is 4.21. The van der Waals surface area contributed by atoms with Crippen molar-refractivity contribution in [3.05, 3.63) is 75.2 Å². The van der Waals surface area contributed by atoms with Crippen molar-refractivity contribution in [1.82, 2.24) is 19.5 Å². The van der Waals surface area contributed by atoms with Crippen LogP contribution < -0.4 is 15.2 Å². The molecule has 4 rings (SSSR count). The molecule has 0 saturated carbocycles. The van der Waals surface area contributed by atoms with Gasteiger partial charge in [0.2, 0.25) is 5.91 Å². The van der Waals surface area contributed by atoms with Gasteiger partial charge in [-0.2, -0.15) is 0 Å². The molecule has 0 fully saturated rings. The Morgan fingerprint density at radius 2 is 2.09 bits per heavy atom. The molecule has 0 aliphatic heterocycles. The van der Waals surface area contributed by atoms with Gasteiger partial charge in [-0.25, -0.2) is 9.97 Å². The van der Waals surface area contributed by atoms with Crippen LogP contribution in [0.15, 0.2) is 47.8 Å². The lowest BCUT2D eigenvalue weighted by molar-refractivity contribution is -0.119. The van der Waals surface area contributed by atoms with E-state index in [1.807, 2.05) is 6.07 Å². The zero-order valence-corrected chi connectivity index (χ0v) is 19.3. The van der Waals surface area contributed by atoms with Crippen LogP contribution in [-0.4, -0.2) is 32.5 Å². The van der Waals surface area contributed by atoms with Crippen molar-refractivity contribution in [2.45, 2.75) is 26.9 Å². The third-order valence-electron chi connectivity index (χ3n) is 5.08. The molecule has 8 nitrogen and oxygen atoms in total. The number of hydrogen-bond acceptors (Lipinski definition) is 7. The lowest BCUT2D eigenvalue weighted by atomic mass is 10.2. The molecule has 0 radical (unpaired) electrons. The monoisotopic (exact) mass is 469 g/mol. The van der Waals surface area contributed by atoms with Crippen LogP contribution in [0.4, 0.5) is 5.13 Å². The highest BCUT2D eigenvalue weighted by Crippen LogP contribution is 2.39. The summed E-state index contributed by atoms with van der Waals surface area (Å²) < 4.78 is 7.43. The second-order valence-electron chi connectivity index (χ2n) is 7.15. The summed E-state index contributed by atoms with van der Waals surface area (Å²) in [7, 11) is 1.55. The number of carbonyl (C=O) groups is 1. The fraction of sp³-hybridized carbons (Fsp3) is 0.227. The van der Waals surface area contributed by atoms with E-state index < -0.39 is 0 Å². The molecule has 0 aliphatic rings. The number of thiazole rings is 1. The van der Waals surface area contributed by atoms with Gasteiger partial charge in [0.1, 0.15) is 17.8 Å². The van der Waals surface area contributed by atoms with Gasteiger partial charge in [0.15, 0.2) is 5.13 Å². The lowest BCUT2D eigenvalue weighted by Crippen LogP contribution is -2.37. The Labute approximate surface area is 193 Å². The third-order valence-corrected chi connectivity index (χ3v) is 6.62. The number of halogens is 1. The molecule has 0 saturated heterocycles. The minimum Gasteiger partial charge on any atom is -0.494 e. The number of amides is 1. The van der Waals surface area contributed by atoms with Crippen LogP contribution in [0.3, 0.4) is 0 Å². The number of carbonyl (C=O) groups excluding carboxylic acids is 1. The zero-order chi connectivity index (χ0) is 22.8. The Bertz CT molecular complexity index is 1350. The minimum absolute atomic E-state index is 0.173. The van der Waals surface area contributed by atoms with E-state index in [1.54, 1.807) is 51.6 Å². The number of methoxy groups -OCH3 is 1. The molecule has 1 amide bonds. The van der Waals surface area contributed by atoms with Crippen molar-refractivity contribution in [2.24, 2.45) is 0 Å². The Kier molecular flexibility index (Phi) is 6.20. The summed E-state index contributed by atoms with van der Waals surface area (Å²) >= 11 is 7.66. The molecule has 32 heavy (non-hydrogen) atoms. The van der Waals surface area contributed by atoms with Gasteiger partial charge in [-0.05, 0) is 37.6 Å². The van der Waals surface area contributed by atoms with Crippen LogP contribution in [0.25, 0.3) is 10.2 Å². The first kappa shape index (κ1) is 21.9. The summed E-state index contributed by atoms with van der Waals surface area (Å²) in [6.45, 7) is 3.52. The minimum atomic E-state index is -0.310. The van der Waals surface area contributed by atoms with E-state index in [-0.39, 0.29) is 24.6 Å². The first-order chi connectivity index (χ1) is 15.4. The number of aromatic nitrogens is 4. The Balaban J connectivity index is 1.76. The highest BCUT2D eigenvalue weighted by molar-refractivity contribution is 7.23. The zero-order valence-electron chi connectivity index (χ0n) is 17.7. The Hall–Kier alpha value is -3.30. The molecule has 0 unspecified atom stereocenters. The van der Waals surface area contributed by atoms with Crippen LogP contribution in [0.2, 0.25) is 5.02 Å². The van der Waals surface area contributed by atoms with Gasteiger partial charge in [0.05, 0.1) is 29.7 Å². The van der Waals surface area contributed by atoms with E-state index in [4.69, 9.17) is 16.3 Å². The maximum Gasteiger partial charge on any atom is 0.256 e. The quantitative estimate of drug-likeness (QED) is 0.427. The normalized spacial score (nSPS) is 11.0. The molecule has 0 atom stereocenters. The summed E-state index contributed by atoms with van der Waals surface area (Å²) in [5, 5.41) is 0.970. The van der Waals surface area contributed by atoms with Gasteiger partial charge in [-0.3, -0.25) is 24.0 Å². The second-order valence-corrected chi connectivity index (χ2v) is 8.54. The van der Waals surface area contributed by atoms with E-state index in [1.165, 1.54) is 27.1 Å². The van der Waals surface area contributed by atoms with Crippen LogP contribution >= 0.6 is 22.9 Å². The predicted octanol–water partition coefficient (Wildman–Crippen LogP) is 3.76. The largest absolute Gasteiger partial charge is 0.494 e. The number of hydrogen-bond donors (Lipinski definition) is 0. The maximum atomic E-state index is 13.4. The van der Waals surface area contributed by atoms with Crippen LogP contribution in [-0.2, 0) is 17.9 Å². The van der Waals surface area contributed by atoms with Crippen molar-refractivity contribution in [3.63, 3.8) is 0 Å². The lowest BCUT2D eigenvalue weighted by Gasteiger charge is -2.20. The number of aryl methyl sites for hydroxylation is 1. The first-order valence-corrected chi connectivity index (χ1v) is 10.9. The van der Waals surface area contributed by atoms with E-state index in [0.29, 0.717) is 32.7 Å². The molecule has 164 valence electrons. The Morgan fingerprint density at radius 3 is 2.81 bits per heavy atom. The number of benzene rings is 1. The van der Waals surface area contributed by atoms with Crippen molar-refractivity contribution in [1.29, 1.82) is 0 Å². The van der Waals surface area contributed by atoms with Crippen molar-refractivity contribution < 1.29 is 9.53 Å². The second kappa shape index (κ2) is 9.05. The summed E-state index contributed by atoms with van der Waals surface area (Å²) in [5.74, 6) is 0.255. The highest BCUT2D eigenvalue weighted by Gasteiger charge is 2.23. The molecule has 4 aromatic rings. The molecule has 1 aromatic carbocycles. The number of pyridine rings is 1. The summed E-state index contributed by atoms with van der Waals surface area (Å²) in [5.41, 5.74) is 2.30. The molecule has 0 spiro atoms. The van der Waals surface area contributed by atoms with Crippen LogP contribution in [0, 0.1) is 13.8 Å². The van der Waals surface area contributed by atoms with E-state index in [9.17, 15) is 9.59 Å². The average Bonchev–Trinajstić information content (AvgIpc) is 3.25. The molecule has 10 heteroatoms. The number of nitrogens with zero attached hydrogens (tertiary/aromatic N) is 5. The summed E-state index contributed by atoms with van der Waals surface area (Å²) in [4.78, 5) is 40.5. The Morgan fingerprint density at radius 1 is 1.28 bits per heavy atom. The number of ether oxygens (including phenoxy) is 1. The van der Waals surface area contributed by atoms with E-state index >= 15 is 0 Å². The van der Waals surface area contributed by atoms with Crippen LogP contribution in [0.1, 0.15) is 16.8 Å². The van der Waals surface area contributed by atoms with Gasteiger partial charge in [-0.15, -0.1) is 0 Å². The number of rotatable bonds is 6. The summed E-state index contributed by atoms with van der Waals surface area (Å²) in [6, 6.07) is 7.14. The van der Waals surface area contributed by atoms with Crippen molar-refractivity contribution >= 4 is 44.2 Å². The number of fused-ring (bicyclic) bond motifs is 1. The molecule has 0 N–H and O–H groups in total. The van der Waals surface area contributed by atoms with E-state index in [2.05, 4.69) is 15.0 Å². The van der Waals surface area contributed by atoms with Gasteiger partial charge in [0.25, 0.3) is 5.56 Å². The molecule has 0 bridgehead atoms. The van der Waals surface area contributed by atoms with Crippen LogP contribution in [0.5, 0.6) is 5.75 Å². The average molecular weight is 470 g/mol. The molecular formula is C22H20ClN5O3S. The predicted molar refractivity (Wildman–Crippen MR) is 125 cm³/mol. The van der Waals surface area contributed by atoms with Gasteiger partial charge in [0, 0.05) is 23.7 Å². The molecular weight excluding hydrogens is 450 g/mol. The molecule has 3 heterocycles. The van der Waals surface area contributed by atoms with E-state index in [0.717, 1.165) is 10.3 Å². The highest BCUT2D eigenvalue weighted by atomic mass is 35.5. The standard InChI is InChI=1S/C22H20ClN5O3S/c1-13-14(2)25-12-27(21(13)30)11-18(29)28(10-15-5-4-8-24-9-15)22-26-19-17(31-3)7-6-16(23)20(19)32-22/h4-9,12H,10-11H2,1-3H3. The number of anilines is 1. The molecule has 0 aliphatic carbocycles. The first-order valence-electron chi connectivity index (χ1n) is 9.74. The topological polar surface area (TPSA) is 90.2 Å². The summed E-state index contributed by atoms with van der Waals surface area (Å²) in [6.07, 6.45) is 4.74. The fourth-order valence-corrected chi connectivity index (χ4v) is 4.45. The van der Waals surface area contributed by atoms with Gasteiger partial charge in [-0.1, -0.05) is 29.0 Å². The van der Waals surface area contributed by atoms with Crippen molar-refractivity contribution in [2.75, 3.05) is 12.0 Å². The fourth-order valence-electron chi connectivity index (χ4n) is 3.18. The molecule has 3 aromatic heterocycles. The van der Waals surface area contributed by atoms with Crippen molar-refractivity contribution in [3.8, 4) is 5.75 Å². The SMILES string of the molecule is COc1ccc(Cl)c2sc(N(Cc3cccnc3)C(=O)Cn3cnc(C)c(C)c3=O)nc12. The van der Waals surface area contributed by atoms with Gasteiger partial charge >= 0.3 is 0 Å².